The second kappa shape index (κ2) is 5.23. The number of aromatic nitrogens is 1. The Morgan fingerprint density at radius 2 is 2.05 bits per heavy atom. The molecular weight excluding hydrogens is 238 g/mol. The summed E-state index contributed by atoms with van der Waals surface area (Å²) in [7, 11) is 7.92. The van der Waals surface area contributed by atoms with Crippen molar-refractivity contribution in [1.82, 2.24) is 9.47 Å². The minimum Gasteiger partial charge on any atom is -0.497 e. The molecule has 1 atom stereocenters. The van der Waals surface area contributed by atoms with Crippen molar-refractivity contribution in [3.63, 3.8) is 0 Å². The van der Waals surface area contributed by atoms with Gasteiger partial charge in [0.25, 0.3) is 0 Å². The van der Waals surface area contributed by atoms with Crippen LogP contribution in [-0.4, -0.2) is 37.2 Å². The fraction of sp³-hybridized carbons (Fsp3) is 0.467. The van der Waals surface area contributed by atoms with Crippen LogP contribution >= 0.6 is 0 Å². The Kier molecular flexibility index (Phi) is 3.83. The second-order valence-corrected chi connectivity index (χ2v) is 5.16. The number of hydrogen-bond acceptors (Lipinski definition) is 3. The molecule has 2 rings (SSSR count). The van der Waals surface area contributed by atoms with E-state index in [1.165, 1.54) is 22.2 Å². The van der Waals surface area contributed by atoms with Crippen LogP contribution in [0.5, 0.6) is 5.75 Å². The minimum atomic E-state index is 0.233. The molecule has 0 aliphatic heterocycles. The summed E-state index contributed by atoms with van der Waals surface area (Å²) in [4.78, 5) is 2.17. The lowest BCUT2D eigenvalue weighted by atomic mass is 10.0. The lowest BCUT2D eigenvalue weighted by Crippen LogP contribution is -2.27. The number of nitrogens with two attached hydrogens (primary N) is 1. The normalized spacial score (nSPS) is 13.2. The van der Waals surface area contributed by atoms with E-state index in [9.17, 15) is 0 Å². The van der Waals surface area contributed by atoms with Gasteiger partial charge in [0.2, 0.25) is 0 Å². The average molecular weight is 261 g/mol. The maximum absolute atomic E-state index is 5.96. The maximum atomic E-state index is 5.96. The van der Waals surface area contributed by atoms with E-state index < -0.39 is 0 Å². The molecule has 0 saturated heterocycles. The second-order valence-electron chi connectivity index (χ2n) is 5.16. The molecule has 4 heteroatoms. The minimum absolute atomic E-state index is 0.233. The highest BCUT2D eigenvalue weighted by molar-refractivity contribution is 5.87. The molecule has 104 valence electrons. The molecule has 1 unspecified atom stereocenters. The van der Waals surface area contributed by atoms with Crippen molar-refractivity contribution in [1.29, 1.82) is 0 Å². The van der Waals surface area contributed by atoms with Crippen molar-refractivity contribution >= 4 is 10.9 Å². The Hall–Kier alpha value is -1.52. The summed E-state index contributed by atoms with van der Waals surface area (Å²) in [6, 6.07) is 6.45. The first kappa shape index (κ1) is 13.9. The van der Waals surface area contributed by atoms with Crippen molar-refractivity contribution in [3.8, 4) is 5.75 Å². The van der Waals surface area contributed by atoms with Crippen molar-refractivity contribution in [2.45, 2.75) is 13.0 Å². The predicted octanol–water partition coefficient (Wildman–Crippen LogP) is 2.06. The maximum Gasteiger partial charge on any atom is 0.120 e. The van der Waals surface area contributed by atoms with E-state index in [-0.39, 0.29) is 6.04 Å². The van der Waals surface area contributed by atoms with Gasteiger partial charge in [0.05, 0.1) is 12.6 Å². The van der Waals surface area contributed by atoms with Gasteiger partial charge in [-0.25, -0.2) is 0 Å². The Morgan fingerprint density at radius 1 is 1.37 bits per heavy atom. The average Bonchev–Trinajstić information content (AvgIpc) is 2.64. The number of fused-ring (bicyclic) bond motifs is 1. The zero-order valence-corrected chi connectivity index (χ0v) is 12.4. The van der Waals surface area contributed by atoms with Crippen LogP contribution in [-0.2, 0) is 7.05 Å². The fourth-order valence-electron chi connectivity index (χ4n) is 2.71. The topological polar surface area (TPSA) is 43.4 Å². The van der Waals surface area contributed by atoms with Gasteiger partial charge in [0.1, 0.15) is 5.75 Å². The number of rotatable bonds is 4. The van der Waals surface area contributed by atoms with Crippen LogP contribution in [0.4, 0.5) is 0 Å². The lowest BCUT2D eigenvalue weighted by Gasteiger charge is -2.23. The Bertz CT molecular complexity index is 587. The molecule has 2 aromatic rings. The summed E-state index contributed by atoms with van der Waals surface area (Å²) in [6.45, 7) is 2.76. The fourth-order valence-corrected chi connectivity index (χ4v) is 2.71. The molecule has 1 heterocycles. The first-order chi connectivity index (χ1) is 9.01. The number of methoxy groups -OCH3 is 1. The van der Waals surface area contributed by atoms with Crippen LogP contribution in [0.25, 0.3) is 10.9 Å². The predicted molar refractivity (Wildman–Crippen MR) is 79.7 cm³/mol. The summed E-state index contributed by atoms with van der Waals surface area (Å²) in [5, 5.41) is 1.25. The zero-order chi connectivity index (χ0) is 14.2. The molecule has 0 amide bonds. The molecule has 4 nitrogen and oxygen atoms in total. The number of nitrogens with zero attached hydrogens (tertiary/aromatic N) is 2. The molecular formula is C15H23N3O. The van der Waals surface area contributed by atoms with Crippen molar-refractivity contribution in [3.05, 3.63) is 29.5 Å². The van der Waals surface area contributed by atoms with Gasteiger partial charge in [0.15, 0.2) is 0 Å². The van der Waals surface area contributed by atoms with Crippen LogP contribution < -0.4 is 10.5 Å². The molecule has 1 aromatic heterocycles. The van der Waals surface area contributed by atoms with Crippen LogP contribution in [0.1, 0.15) is 17.3 Å². The van der Waals surface area contributed by atoms with Crippen molar-refractivity contribution < 1.29 is 4.74 Å². The number of ether oxygens (including phenoxy) is 1. The van der Waals surface area contributed by atoms with Crippen LogP contribution in [0.2, 0.25) is 0 Å². The van der Waals surface area contributed by atoms with E-state index in [0.717, 1.165) is 5.75 Å². The van der Waals surface area contributed by atoms with Crippen LogP contribution in [0.15, 0.2) is 18.2 Å². The van der Waals surface area contributed by atoms with Gasteiger partial charge in [-0.15, -0.1) is 0 Å². The van der Waals surface area contributed by atoms with E-state index in [1.54, 1.807) is 7.11 Å². The van der Waals surface area contributed by atoms with E-state index in [2.05, 4.69) is 49.7 Å². The first-order valence-electron chi connectivity index (χ1n) is 6.50. The van der Waals surface area contributed by atoms with E-state index >= 15 is 0 Å². The summed E-state index contributed by atoms with van der Waals surface area (Å²) in [6.07, 6.45) is 0. The van der Waals surface area contributed by atoms with Crippen molar-refractivity contribution in [2.75, 3.05) is 27.7 Å². The molecule has 0 saturated carbocycles. The largest absolute Gasteiger partial charge is 0.497 e. The SMILES string of the molecule is COc1ccc2c(C(CN)N(C)C)c(C)n(C)c2c1. The molecule has 0 bridgehead atoms. The van der Waals surface area contributed by atoms with Gasteiger partial charge in [-0.05, 0) is 38.7 Å². The van der Waals surface area contributed by atoms with Gasteiger partial charge in [-0.2, -0.15) is 0 Å². The Labute approximate surface area is 114 Å². The van der Waals surface area contributed by atoms with Gasteiger partial charge < -0.3 is 19.9 Å². The zero-order valence-electron chi connectivity index (χ0n) is 12.4. The highest BCUT2D eigenvalue weighted by Crippen LogP contribution is 2.33. The summed E-state index contributed by atoms with van der Waals surface area (Å²) in [5.41, 5.74) is 9.71. The van der Waals surface area contributed by atoms with Gasteiger partial charge in [-0.1, -0.05) is 0 Å². The lowest BCUT2D eigenvalue weighted by molar-refractivity contribution is 0.306. The molecule has 1 aromatic carbocycles. The molecule has 0 aliphatic rings. The third kappa shape index (κ3) is 2.22. The Morgan fingerprint density at radius 3 is 2.58 bits per heavy atom. The number of hydrogen-bond donors (Lipinski definition) is 1. The number of benzene rings is 1. The summed E-state index contributed by atoms with van der Waals surface area (Å²) >= 11 is 0. The summed E-state index contributed by atoms with van der Waals surface area (Å²) in [5.74, 6) is 0.883. The third-order valence-corrected chi connectivity index (χ3v) is 3.93. The number of likely N-dealkylation sites (N-methyl/N-ethyl adjacent to an activating group) is 1. The molecule has 2 N–H and O–H groups in total. The van der Waals surface area contributed by atoms with E-state index in [1.807, 2.05) is 6.07 Å². The first-order valence-corrected chi connectivity index (χ1v) is 6.50. The van der Waals surface area contributed by atoms with E-state index in [4.69, 9.17) is 10.5 Å². The molecule has 0 fully saturated rings. The monoisotopic (exact) mass is 261 g/mol. The van der Waals surface area contributed by atoms with Gasteiger partial charge in [-0.3, -0.25) is 0 Å². The third-order valence-electron chi connectivity index (χ3n) is 3.93. The van der Waals surface area contributed by atoms with Gasteiger partial charge in [0, 0.05) is 36.8 Å². The number of aryl methyl sites for hydroxylation is 1. The summed E-state index contributed by atoms with van der Waals surface area (Å²) < 4.78 is 7.52. The molecule has 0 aliphatic carbocycles. The molecule has 0 spiro atoms. The molecule has 0 radical (unpaired) electrons. The highest BCUT2D eigenvalue weighted by Gasteiger charge is 2.21. The van der Waals surface area contributed by atoms with Crippen molar-refractivity contribution in [2.24, 2.45) is 12.8 Å². The smallest absolute Gasteiger partial charge is 0.120 e. The molecule has 19 heavy (non-hydrogen) atoms. The Balaban J connectivity index is 2.71. The van der Waals surface area contributed by atoms with Crippen LogP contribution in [0, 0.1) is 6.92 Å². The highest BCUT2D eigenvalue weighted by atomic mass is 16.5. The standard InChI is InChI=1S/C15H23N3O/c1-10-15(14(9-16)17(2)3)12-7-6-11(19-5)8-13(12)18(10)4/h6-8,14H,9,16H2,1-5H3. The van der Waals surface area contributed by atoms with E-state index in [0.29, 0.717) is 6.54 Å². The van der Waals surface area contributed by atoms with Gasteiger partial charge >= 0.3 is 0 Å². The van der Waals surface area contributed by atoms with Crippen LogP contribution in [0.3, 0.4) is 0 Å². The quantitative estimate of drug-likeness (QED) is 0.916.